The standard InChI is InChI=1S/C20H29N5O/c1-16(17-6-8-18(9-7-17)25-15-22-14-23-25)24(2)19(26)12-20(13-21)10-4-3-5-11-20/h6-9,14-16H,3-5,10-13,21H2,1-2H3. The van der Waals surface area contributed by atoms with Gasteiger partial charge in [-0.25, -0.2) is 9.67 Å². The van der Waals surface area contributed by atoms with Crippen molar-refractivity contribution in [3.05, 3.63) is 42.5 Å². The Morgan fingerprint density at radius 3 is 2.54 bits per heavy atom. The fraction of sp³-hybridized carbons (Fsp3) is 0.550. The molecule has 1 heterocycles. The van der Waals surface area contributed by atoms with Gasteiger partial charge in [0.15, 0.2) is 0 Å². The van der Waals surface area contributed by atoms with Crippen molar-refractivity contribution >= 4 is 5.91 Å². The summed E-state index contributed by atoms with van der Waals surface area (Å²) in [5, 5.41) is 4.14. The highest BCUT2D eigenvalue weighted by Gasteiger charge is 2.34. The second kappa shape index (κ2) is 7.99. The zero-order valence-corrected chi connectivity index (χ0v) is 15.8. The maximum Gasteiger partial charge on any atom is 0.223 e. The molecule has 1 aromatic carbocycles. The second-order valence-corrected chi connectivity index (χ2v) is 7.55. The van der Waals surface area contributed by atoms with E-state index in [0.717, 1.165) is 24.1 Å². The molecule has 1 unspecified atom stereocenters. The number of nitrogens with zero attached hydrogens (tertiary/aromatic N) is 4. The summed E-state index contributed by atoms with van der Waals surface area (Å²) >= 11 is 0. The van der Waals surface area contributed by atoms with Crippen molar-refractivity contribution in [2.75, 3.05) is 13.6 Å². The molecule has 1 aliphatic carbocycles. The highest BCUT2D eigenvalue weighted by molar-refractivity contribution is 5.77. The van der Waals surface area contributed by atoms with Gasteiger partial charge in [-0.05, 0) is 49.4 Å². The van der Waals surface area contributed by atoms with Crippen LogP contribution in [0.5, 0.6) is 0 Å². The number of carbonyl (C=O) groups is 1. The highest BCUT2D eigenvalue weighted by atomic mass is 16.2. The second-order valence-electron chi connectivity index (χ2n) is 7.55. The third kappa shape index (κ3) is 3.96. The van der Waals surface area contributed by atoms with Crippen LogP contribution in [-0.4, -0.2) is 39.2 Å². The van der Waals surface area contributed by atoms with Gasteiger partial charge in [0.05, 0.1) is 11.7 Å². The van der Waals surface area contributed by atoms with Crippen molar-refractivity contribution in [1.29, 1.82) is 0 Å². The Morgan fingerprint density at radius 1 is 1.27 bits per heavy atom. The fourth-order valence-electron chi connectivity index (χ4n) is 3.89. The van der Waals surface area contributed by atoms with Crippen molar-refractivity contribution in [1.82, 2.24) is 19.7 Å². The summed E-state index contributed by atoms with van der Waals surface area (Å²) in [4.78, 5) is 18.7. The van der Waals surface area contributed by atoms with E-state index in [1.54, 1.807) is 11.0 Å². The van der Waals surface area contributed by atoms with Crippen LogP contribution in [-0.2, 0) is 4.79 Å². The van der Waals surface area contributed by atoms with Gasteiger partial charge in [0, 0.05) is 13.5 Å². The lowest BCUT2D eigenvalue weighted by molar-refractivity contribution is -0.134. The zero-order chi connectivity index (χ0) is 18.6. The normalized spacial score (nSPS) is 17.7. The Balaban J connectivity index is 1.66. The smallest absolute Gasteiger partial charge is 0.223 e. The van der Waals surface area contributed by atoms with Crippen LogP contribution in [0.15, 0.2) is 36.9 Å². The molecule has 1 atom stereocenters. The molecular weight excluding hydrogens is 326 g/mol. The first-order valence-electron chi connectivity index (χ1n) is 9.45. The van der Waals surface area contributed by atoms with E-state index in [1.807, 2.05) is 36.2 Å². The fourth-order valence-corrected chi connectivity index (χ4v) is 3.89. The van der Waals surface area contributed by atoms with Gasteiger partial charge in [0.25, 0.3) is 0 Å². The Bertz CT molecular complexity index is 704. The number of rotatable bonds is 6. The quantitative estimate of drug-likeness (QED) is 0.864. The largest absolute Gasteiger partial charge is 0.339 e. The first kappa shape index (κ1) is 18.6. The molecule has 6 heteroatoms. The molecule has 0 radical (unpaired) electrons. The minimum atomic E-state index is 0.000261. The number of aromatic nitrogens is 3. The molecule has 1 fully saturated rings. The lowest BCUT2D eigenvalue weighted by Crippen LogP contribution is -2.40. The molecule has 6 nitrogen and oxygen atoms in total. The SMILES string of the molecule is CC(c1ccc(-n2cncn2)cc1)N(C)C(=O)CC1(CN)CCCCC1. The summed E-state index contributed by atoms with van der Waals surface area (Å²) in [5.74, 6) is 0.185. The van der Waals surface area contributed by atoms with E-state index in [2.05, 4.69) is 17.0 Å². The Hall–Kier alpha value is -2.21. The molecule has 2 aromatic rings. The van der Waals surface area contributed by atoms with Gasteiger partial charge in [-0.2, -0.15) is 5.10 Å². The summed E-state index contributed by atoms with van der Waals surface area (Å²) in [6.07, 6.45) is 9.53. The number of benzene rings is 1. The summed E-state index contributed by atoms with van der Waals surface area (Å²) < 4.78 is 1.72. The predicted octanol–water partition coefficient (Wildman–Crippen LogP) is 3.09. The van der Waals surface area contributed by atoms with Crippen LogP contribution in [0.25, 0.3) is 5.69 Å². The minimum Gasteiger partial charge on any atom is -0.339 e. The van der Waals surface area contributed by atoms with Gasteiger partial charge >= 0.3 is 0 Å². The van der Waals surface area contributed by atoms with Gasteiger partial charge < -0.3 is 10.6 Å². The van der Waals surface area contributed by atoms with E-state index in [-0.39, 0.29) is 17.4 Å². The first-order valence-corrected chi connectivity index (χ1v) is 9.45. The van der Waals surface area contributed by atoms with Crippen LogP contribution in [0, 0.1) is 5.41 Å². The number of hydrogen-bond acceptors (Lipinski definition) is 4. The van der Waals surface area contributed by atoms with Crippen LogP contribution < -0.4 is 5.73 Å². The molecule has 1 saturated carbocycles. The monoisotopic (exact) mass is 355 g/mol. The lowest BCUT2D eigenvalue weighted by Gasteiger charge is -2.37. The summed E-state index contributed by atoms with van der Waals surface area (Å²) in [6, 6.07) is 8.11. The number of carbonyl (C=O) groups excluding carboxylic acids is 1. The van der Waals surface area contributed by atoms with Gasteiger partial charge in [-0.1, -0.05) is 31.4 Å². The van der Waals surface area contributed by atoms with Crippen LogP contribution in [0.3, 0.4) is 0 Å². The molecule has 0 spiro atoms. The molecule has 0 saturated heterocycles. The van der Waals surface area contributed by atoms with E-state index >= 15 is 0 Å². The molecule has 0 bridgehead atoms. The van der Waals surface area contributed by atoms with E-state index in [1.165, 1.54) is 25.6 Å². The van der Waals surface area contributed by atoms with E-state index < -0.39 is 0 Å². The summed E-state index contributed by atoms with van der Waals surface area (Å²) in [5.41, 5.74) is 8.12. The van der Waals surface area contributed by atoms with Crippen LogP contribution in [0.1, 0.15) is 57.1 Å². The third-order valence-corrected chi connectivity index (χ3v) is 5.91. The summed E-state index contributed by atoms with van der Waals surface area (Å²) in [6.45, 7) is 2.67. The maximum absolute atomic E-state index is 12.9. The van der Waals surface area contributed by atoms with Gasteiger partial charge in [0.2, 0.25) is 5.91 Å². The van der Waals surface area contributed by atoms with E-state index in [0.29, 0.717) is 13.0 Å². The molecule has 3 rings (SSSR count). The molecular formula is C20H29N5O. The van der Waals surface area contributed by atoms with Crippen molar-refractivity contribution in [3.63, 3.8) is 0 Å². The number of hydrogen-bond donors (Lipinski definition) is 1. The number of nitrogens with two attached hydrogens (primary N) is 1. The Kier molecular flexibility index (Phi) is 5.71. The molecule has 140 valence electrons. The van der Waals surface area contributed by atoms with Gasteiger partial charge in [-0.15, -0.1) is 0 Å². The molecule has 2 N–H and O–H groups in total. The van der Waals surface area contributed by atoms with Gasteiger partial charge in [-0.3, -0.25) is 4.79 Å². The predicted molar refractivity (Wildman–Crippen MR) is 102 cm³/mol. The zero-order valence-electron chi connectivity index (χ0n) is 15.8. The van der Waals surface area contributed by atoms with Gasteiger partial charge in [0.1, 0.15) is 12.7 Å². The molecule has 0 aliphatic heterocycles. The maximum atomic E-state index is 12.9. The molecule has 1 amide bonds. The number of amides is 1. The molecule has 26 heavy (non-hydrogen) atoms. The summed E-state index contributed by atoms with van der Waals surface area (Å²) in [7, 11) is 1.89. The van der Waals surface area contributed by atoms with Crippen molar-refractivity contribution < 1.29 is 4.79 Å². The van der Waals surface area contributed by atoms with Crippen molar-refractivity contribution in [2.45, 2.75) is 51.5 Å². The topological polar surface area (TPSA) is 77.0 Å². The minimum absolute atomic E-state index is 0.000261. The lowest BCUT2D eigenvalue weighted by atomic mass is 9.71. The average molecular weight is 355 g/mol. The van der Waals surface area contributed by atoms with E-state index in [4.69, 9.17) is 5.73 Å². The van der Waals surface area contributed by atoms with Crippen LogP contribution in [0.2, 0.25) is 0 Å². The van der Waals surface area contributed by atoms with E-state index in [9.17, 15) is 4.79 Å². The third-order valence-electron chi connectivity index (χ3n) is 5.91. The molecule has 1 aromatic heterocycles. The Morgan fingerprint density at radius 2 is 1.96 bits per heavy atom. The first-order chi connectivity index (χ1) is 12.5. The van der Waals surface area contributed by atoms with Crippen molar-refractivity contribution in [2.24, 2.45) is 11.1 Å². The van der Waals surface area contributed by atoms with Crippen molar-refractivity contribution in [3.8, 4) is 5.69 Å². The average Bonchev–Trinajstić information content (AvgIpc) is 3.22. The van der Waals surface area contributed by atoms with Crippen LogP contribution in [0.4, 0.5) is 0 Å². The van der Waals surface area contributed by atoms with Crippen LogP contribution >= 0.6 is 0 Å². The molecule has 1 aliphatic rings. The Labute approximate surface area is 155 Å². The highest BCUT2D eigenvalue weighted by Crippen LogP contribution is 2.39.